The van der Waals surface area contributed by atoms with Crippen molar-refractivity contribution in [3.8, 4) is 5.75 Å². The van der Waals surface area contributed by atoms with Crippen molar-refractivity contribution < 1.29 is 17.9 Å². The van der Waals surface area contributed by atoms with Gasteiger partial charge < -0.3 is 15.8 Å². The lowest BCUT2D eigenvalue weighted by Gasteiger charge is -2.14. The molecule has 28 heavy (non-hydrogen) atoms. The molecule has 1 amide bonds. The molecule has 0 aliphatic carbocycles. The van der Waals surface area contributed by atoms with Crippen molar-refractivity contribution in [2.45, 2.75) is 31.7 Å². The molecular formula is C19H26ClN3O4S. The van der Waals surface area contributed by atoms with E-state index in [0.29, 0.717) is 30.2 Å². The number of carbonyl (C=O) groups is 1. The van der Waals surface area contributed by atoms with Crippen LogP contribution in [-0.2, 0) is 10.0 Å². The van der Waals surface area contributed by atoms with Crippen LogP contribution >= 0.6 is 12.4 Å². The van der Waals surface area contributed by atoms with Crippen molar-refractivity contribution in [2.75, 3.05) is 17.9 Å². The highest BCUT2D eigenvalue weighted by molar-refractivity contribution is 7.92. The predicted octanol–water partition coefficient (Wildman–Crippen LogP) is 2.69. The van der Waals surface area contributed by atoms with Gasteiger partial charge in [-0.2, -0.15) is 0 Å². The van der Waals surface area contributed by atoms with E-state index in [1.165, 1.54) is 6.07 Å². The lowest BCUT2D eigenvalue weighted by Crippen LogP contribution is -2.37. The highest BCUT2D eigenvalue weighted by atomic mass is 35.5. The number of hydrogen-bond donors (Lipinski definition) is 3. The molecule has 7 nitrogen and oxygen atoms in total. The zero-order valence-corrected chi connectivity index (χ0v) is 17.7. The number of carbonyl (C=O) groups excluding carboxylic acids is 1. The molecule has 0 spiro atoms. The molecule has 0 heterocycles. The van der Waals surface area contributed by atoms with Gasteiger partial charge in [0.25, 0.3) is 15.9 Å². The fourth-order valence-electron chi connectivity index (χ4n) is 2.39. The Morgan fingerprint density at radius 2 is 1.82 bits per heavy atom. The summed E-state index contributed by atoms with van der Waals surface area (Å²) in [5.74, 6) is 0.287. The number of sulfonamides is 1. The molecule has 154 valence electrons. The van der Waals surface area contributed by atoms with Gasteiger partial charge in [-0.25, -0.2) is 8.42 Å². The Morgan fingerprint density at radius 1 is 1.18 bits per heavy atom. The summed E-state index contributed by atoms with van der Waals surface area (Å²) in [5, 5.41) is 2.72. The van der Waals surface area contributed by atoms with Gasteiger partial charge in [-0.3, -0.25) is 9.52 Å². The highest BCUT2D eigenvalue weighted by Crippen LogP contribution is 2.22. The number of nitrogens with one attached hydrogen (secondary N) is 2. The Balaban J connectivity index is 0.00000392. The van der Waals surface area contributed by atoms with Crippen LogP contribution in [0.25, 0.3) is 0 Å². The second kappa shape index (κ2) is 10.3. The van der Waals surface area contributed by atoms with Crippen molar-refractivity contribution >= 4 is 34.0 Å². The summed E-state index contributed by atoms with van der Waals surface area (Å²) in [7, 11) is -3.85. The second-order valence-electron chi connectivity index (χ2n) is 6.15. The number of ether oxygens (including phenoxy) is 1. The Kier molecular flexibility index (Phi) is 8.74. The molecular weight excluding hydrogens is 402 g/mol. The van der Waals surface area contributed by atoms with Gasteiger partial charge in [-0.15, -0.1) is 12.4 Å². The summed E-state index contributed by atoms with van der Waals surface area (Å²) in [5.41, 5.74) is 6.71. The molecule has 0 fully saturated rings. The zero-order valence-electron chi connectivity index (χ0n) is 16.1. The van der Waals surface area contributed by atoms with Gasteiger partial charge in [0.15, 0.2) is 0 Å². The third kappa shape index (κ3) is 6.12. The quantitative estimate of drug-likeness (QED) is 0.599. The van der Waals surface area contributed by atoms with E-state index in [1.54, 1.807) is 50.2 Å². The minimum absolute atomic E-state index is 0. The molecule has 0 radical (unpaired) electrons. The highest BCUT2D eigenvalue weighted by Gasteiger charge is 2.20. The molecule has 0 aliphatic rings. The molecule has 0 unspecified atom stereocenters. The SMILES string of the molecule is CCOc1ccc(NS(=O)(=O)c2cc(C(=O)N[C@@H](C)CN)ccc2C)cc1.Cl. The average molecular weight is 428 g/mol. The molecule has 1 atom stereocenters. The smallest absolute Gasteiger partial charge is 0.262 e. The van der Waals surface area contributed by atoms with Crippen LogP contribution in [0.2, 0.25) is 0 Å². The molecule has 0 saturated carbocycles. The topological polar surface area (TPSA) is 111 Å². The standard InChI is InChI=1S/C19H25N3O4S.ClH/c1-4-26-17-9-7-16(8-10-17)22-27(24,25)18-11-15(6-5-13(18)2)19(23)21-14(3)12-20;/h5-11,14,22H,4,12,20H2,1-3H3,(H,21,23);1H/t14-;/m0./s1. The third-order valence-corrected chi connectivity index (χ3v) is 5.41. The van der Waals surface area contributed by atoms with Crippen LogP contribution in [0.4, 0.5) is 5.69 Å². The van der Waals surface area contributed by atoms with Gasteiger partial charge in [0, 0.05) is 23.8 Å². The molecule has 0 bridgehead atoms. The number of anilines is 1. The molecule has 2 aromatic carbocycles. The van der Waals surface area contributed by atoms with Crippen molar-refractivity contribution in [1.82, 2.24) is 5.32 Å². The molecule has 2 aromatic rings. The number of halogens is 1. The monoisotopic (exact) mass is 427 g/mol. The maximum absolute atomic E-state index is 12.8. The number of benzene rings is 2. The maximum Gasteiger partial charge on any atom is 0.262 e. The largest absolute Gasteiger partial charge is 0.494 e. The Labute approximate surface area is 172 Å². The van der Waals surface area contributed by atoms with E-state index in [0.717, 1.165) is 0 Å². The lowest BCUT2D eigenvalue weighted by atomic mass is 10.1. The first-order valence-corrected chi connectivity index (χ1v) is 10.1. The van der Waals surface area contributed by atoms with Gasteiger partial charge in [0.1, 0.15) is 5.75 Å². The van der Waals surface area contributed by atoms with Gasteiger partial charge in [0.2, 0.25) is 0 Å². The van der Waals surface area contributed by atoms with Crippen LogP contribution < -0.4 is 20.5 Å². The van der Waals surface area contributed by atoms with Crippen LogP contribution in [0.1, 0.15) is 29.8 Å². The summed E-state index contributed by atoms with van der Waals surface area (Å²) in [4.78, 5) is 12.3. The summed E-state index contributed by atoms with van der Waals surface area (Å²) in [6, 6.07) is 11.0. The predicted molar refractivity (Wildman–Crippen MR) is 113 cm³/mol. The van der Waals surface area contributed by atoms with Crippen LogP contribution in [0.5, 0.6) is 5.75 Å². The summed E-state index contributed by atoms with van der Waals surface area (Å²) < 4.78 is 33.5. The number of rotatable bonds is 8. The fourth-order valence-corrected chi connectivity index (χ4v) is 3.72. The Hall–Kier alpha value is -2.29. The number of amides is 1. The number of aryl methyl sites for hydroxylation is 1. The van der Waals surface area contributed by atoms with Crippen molar-refractivity contribution in [1.29, 1.82) is 0 Å². The van der Waals surface area contributed by atoms with Crippen LogP contribution in [0, 0.1) is 6.92 Å². The Morgan fingerprint density at radius 3 is 2.39 bits per heavy atom. The van der Waals surface area contributed by atoms with E-state index in [9.17, 15) is 13.2 Å². The lowest BCUT2D eigenvalue weighted by molar-refractivity contribution is 0.0941. The third-order valence-electron chi connectivity index (χ3n) is 3.89. The average Bonchev–Trinajstić information content (AvgIpc) is 2.63. The van der Waals surface area contributed by atoms with Crippen LogP contribution in [0.3, 0.4) is 0 Å². The van der Waals surface area contributed by atoms with Gasteiger partial charge in [-0.05, 0) is 62.7 Å². The zero-order chi connectivity index (χ0) is 20.0. The first kappa shape index (κ1) is 23.7. The van der Waals surface area contributed by atoms with E-state index >= 15 is 0 Å². The molecule has 2 rings (SSSR count). The second-order valence-corrected chi connectivity index (χ2v) is 7.80. The molecule has 0 aliphatic heterocycles. The molecule has 0 saturated heterocycles. The summed E-state index contributed by atoms with van der Waals surface area (Å²) in [6.07, 6.45) is 0. The summed E-state index contributed by atoms with van der Waals surface area (Å²) in [6.45, 7) is 6.15. The van der Waals surface area contributed by atoms with Crippen molar-refractivity contribution in [3.63, 3.8) is 0 Å². The molecule has 4 N–H and O–H groups in total. The maximum atomic E-state index is 12.8. The van der Waals surface area contributed by atoms with E-state index in [-0.39, 0.29) is 34.8 Å². The fraction of sp³-hybridized carbons (Fsp3) is 0.316. The minimum atomic E-state index is -3.85. The van der Waals surface area contributed by atoms with Crippen LogP contribution in [0.15, 0.2) is 47.4 Å². The first-order valence-electron chi connectivity index (χ1n) is 8.64. The van der Waals surface area contributed by atoms with Gasteiger partial charge in [-0.1, -0.05) is 6.07 Å². The van der Waals surface area contributed by atoms with Crippen molar-refractivity contribution in [2.24, 2.45) is 5.73 Å². The number of nitrogens with two attached hydrogens (primary N) is 1. The summed E-state index contributed by atoms with van der Waals surface area (Å²) >= 11 is 0. The molecule has 9 heteroatoms. The van der Waals surface area contributed by atoms with Crippen LogP contribution in [-0.4, -0.2) is 33.5 Å². The van der Waals surface area contributed by atoms with E-state index in [2.05, 4.69) is 10.0 Å². The van der Waals surface area contributed by atoms with E-state index in [4.69, 9.17) is 10.5 Å². The number of hydrogen-bond acceptors (Lipinski definition) is 5. The normalized spacial score (nSPS) is 11.9. The van der Waals surface area contributed by atoms with Gasteiger partial charge in [0.05, 0.1) is 11.5 Å². The van der Waals surface area contributed by atoms with Gasteiger partial charge >= 0.3 is 0 Å². The minimum Gasteiger partial charge on any atom is -0.494 e. The molecule has 0 aromatic heterocycles. The Bertz CT molecular complexity index is 902. The van der Waals surface area contributed by atoms with Crippen molar-refractivity contribution in [3.05, 3.63) is 53.6 Å². The van der Waals surface area contributed by atoms with E-state index in [1.807, 2.05) is 6.92 Å². The van der Waals surface area contributed by atoms with E-state index < -0.39 is 10.0 Å². The first-order chi connectivity index (χ1) is 12.8.